The summed E-state index contributed by atoms with van der Waals surface area (Å²) in [5.41, 5.74) is -2.60. The monoisotopic (exact) mass is 506 g/mol. The van der Waals surface area contributed by atoms with E-state index in [1.54, 1.807) is 0 Å². The summed E-state index contributed by atoms with van der Waals surface area (Å²) in [6, 6.07) is 1.94. The van der Waals surface area contributed by atoms with Gasteiger partial charge < -0.3 is 10.1 Å². The van der Waals surface area contributed by atoms with Crippen molar-refractivity contribution in [3.63, 3.8) is 0 Å². The molecular weight excluding hydrogens is 482 g/mol. The van der Waals surface area contributed by atoms with Gasteiger partial charge in [0.1, 0.15) is 5.84 Å². The number of rotatable bonds is 5. The van der Waals surface area contributed by atoms with Crippen LogP contribution in [0.25, 0.3) is 0 Å². The van der Waals surface area contributed by atoms with Gasteiger partial charge in [-0.05, 0) is 79.8 Å². The smallest absolute Gasteiger partial charge is 0.377 e. The molecule has 1 aliphatic carbocycles. The molecule has 1 amide bonds. The fraction of sp³-hybridized carbons (Fsp3) is 0.565. The topological polar surface area (TPSA) is 50.7 Å². The molecule has 2 aliphatic heterocycles. The Labute approximate surface area is 197 Å². The number of allylic oxidation sites excluding steroid dienone is 1. The first-order chi connectivity index (χ1) is 16.0. The summed E-state index contributed by atoms with van der Waals surface area (Å²) in [6.07, 6.45) is -3.75. The van der Waals surface area contributed by atoms with Gasteiger partial charge in [-0.15, -0.1) is 0 Å². The second kappa shape index (κ2) is 9.93. The molecule has 1 N–H and O–H groups in total. The van der Waals surface area contributed by atoms with Crippen molar-refractivity contribution in [2.45, 2.75) is 56.9 Å². The summed E-state index contributed by atoms with van der Waals surface area (Å²) < 4.78 is 83.8. The first-order valence-corrected chi connectivity index (χ1v) is 11.9. The highest BCUT2D eigenvalue weighted by molar-refractivity contribution is 8.18. The average Bonchev–Trinajstić information content (AvgIpc) is 3.07. The van der Waals surface area contributed by atoms with E-state index in [9.17, 15) is 31.1 Å². The number of thioether (sulfide) groups is 1. The van der Waals surface area contributed by atoms with Crippen molar-refractivity contribution >= 4 is 22.8 Å². The lowest BCUT2D eigenvalue weighted by Gasteiger charge is -2.27. The van der Waals surface area contributed by atoms with E-state index in [1.165, 1.54) is 0 Å². The molecule has 4 rings (SSSR count). The van der Waals surface area contributed by atoms with E-state index in [-0.39, 0.29) is 41.2 Å². The second-order valence-electron chi connectivity index (χ2n) is 8.90. The van der Waals surface area contributed by atoms with Gasteiger partial charge in [-0.2, -0.15) is 26.3 Å². The van der Waals surface area contributed by atoms with Crippen LogP contribution in [-0.4, -0.2) is 30.3 Å². The van der Waals surface area contributed by atoms with Crippen molar-refractivity contribution in [3.8, 4) is 0 Å². The number of amides is 1. The van der Waals surface area contributed by atoms with E-state index in [0.29, 0.717) is 25.5 Å². The minimum atomic E-state index is -4.84. The lowest BCUT2D eigenvalue weighted by atomic mass is 9.79. The second-order valence-corrected chi connectivity index (χ2v) is 9.92. The van der Waals surface area contributed by atoms with Gasteiger partial charge in [0.25, 0.3) is 5.24 Å². The quantitative estimate of drug-likeness (QED) is 0.458. The molecule has 0 unspecified atom stereocenters. The van der Waals surface area contributed by atoms with Gasteiger partial charge in [-0.3, -0.25) is 9.79 Å². The van der Waals surface area contributed by atoms with Crippen LogP contribution < -0.4 is 5.32 Å². The van der Waals surface area contributed by atoms with Gasteiger partial charge in [0.05, 0.1) is 35.3 Å². The van der Waals surface area contributed by atoms with Gasteiger partial charge in [-0.1, -0.05) is 12.1 Å². The van der Waals surface area contributed by atoms with E-state index in [0.717, 1.165) is 54.5 Å². The summed E-state index contributed by atoms with van der Waals surface area (Å²) in [7, 11) is 0. The van der Waals surface area contributed by atoms with Crippen molar-refractivity contribution in [2.24, 2.45) is 16.8 Å². The number of amidine groups is 1. The van der Waals surface area contributed by atoms with Crippen molar-refractivity contribution < 1.29 is 35.9 Å². The fourth-order valence-corrected chi connectivity index (χ4v) is 5.28. The number of carbonyl (C=O) groups is 1. The maximum Gasteiger partial charge on any atom is 0.416 e. The highest BCUT2D eigenvalue weighted by Gasteiger charge is 2.38. The number of aryl methyl sites for hydroxylation is 1. The third kappa shape index (κ3) is 6.16. The van der Waals surface area contributed by atoms with Crippen LogP contribution >= 0.6 is 11.8 Å². The van der Waals surface area contributed by atoms with Gasteiger partial charge >= 0.3 is 12.4 Å². The zero-order valence-electron chi connectivity index (χ0n) is 18.1. The highest BCUT2D eigenvalue weighted by Crippen LogP contribution is 2.39. The van der Waals surface area contributed by atoms with E-state index in [2.05, 4.69) is 16.4 Å². The van der Waals surface area contributed by atoms with Crippen molar-refractivity contribution in [3.05, 3.63) is 45.9 Å². The molecule has 0 bridgehead atoms. The molecule has 2 saturated heterocycles. The number of alkyl halides is 6. The van der Waals surface area contributed by atoms with Crippen LogP contribution in [-0.2, 0) is 23.5 Å². The predicted molar refractivity (Wildman–Crippen MR) is 116 cm³/mol. The summed E-state index contributed by atoms with van der Waals surface area (Å²) in [5.74, 6) is 1.02. The molecule has 2 heterocycles. The highest BCUT2D eigenvalue weighted by atomic mass is 32.2. The number of ether oxygens (including phenoxy) is 1. The molecule has 0 aromatic heterocycles. The van der Waals surface area contributed by atoms with Crippen LogP contribution in [0.5, 0.6) is 0 Å². The Bertz CT molecular complexity index is 977. The van der Waals surface area contributed by atoms with E-state index in [4.69, 9.17) is 4.74 Å². The van der Waals surface area contributed by atoms with Gasteiger partial charge in [-0.25, -0.2) is 0 Å². The Hall–Kier alpha value is -2.01. The van der Waals surface area contributed by atoms with E-state index in [1.807, 2.05) is 0 Å². The SMILES string of the molecule is O=C1NC(=NC2COC2)C(=CC2CCC(CCc3ccc(C(F)(F)F)cc3C(F)(F)F)CC2)S1. The number of carbonyl (C=O) groups excluding carboxylic acids is 1. The third-order valence-electron chi connectivity index (χ3n) is 6.43. The minimum Gasteiger partial charge on any atom is -0.377 e. The van der Waals surface area contributed by atoms with E-state index < -0.39 is 23.5 Å². The van der Waals surface area contributed by atoms with Crippen molar-refractivity contribution in [2.75, 3.05) is 13.2 Å². The molecule has 11 heteroatoms. The molecule has 186 valence electrons. The Morgan fingerprint density at radius 1 is 1.06 bits per heavy atom. The largest absolute Gasteiger partial charge is 0.416 e. The molecule has 4 nitrogen and oxygen atoms in total. The maximum atomic E-state index is 13.4. The molecule has 0 spiro atoms. The lowest BCUT2D eigenvalue weighted by Crippen LogP contribution is -2.34. The number of benzene rings is 1. The summed E-state index contributed by atoms with van der Waals surface area (Å²) >= 11 is 1.11. The molecule has 1 aromatic rings. The van der Waals surface area contributed by atoms with Crippen molar-refractivity contribution in [1.82, 2.24) is 5.32 Å². The third-order valence-corrected chi connectivity index (χ3v) is 7.27. The molecule has 1 aromatic carbocycles. The van der Waals surface area contributed by atoms with Gasteiger partial charge in [0.2, 0.25) is 0 Å². The average molecular weight is 507 g/mol. The lowest BCUT2D eigenvalue weighted by molar-refractivity contribution is -0.143. The van der Waals surface area contributed by atoms with E-state index >= 15 is 0 Å². The number of nitrogens with zero attached hydrogens (tertiary/aromatic N) is 1. The van der Waals surface area contributed by atoms with Crippen LogP contribution in [0.15, 0.2) is 34.2 Å². The number of aliphatic imine (C=N–C) groups is 1. The Morgan fingerprint density at radius 2 is 1.76 bits per heavy atom. The molecule has 0 atom stereocenters. The van der Waals surface area contributed by atoms with Crippen LogP contribution in [0.2, 0.25) is 0 Å². The van der Waals surface area contributed by atoms with Crippen molar-refractivity contribution in [1.29, 1.82) is 0 Å². The maximum absolute atomic E-state index is 13.4. The van der Waals surface area contributed by atoms with Gasteiger partial charge in [0, 0.05) is 0 Å². The molecule has 0 radical (unpaired) electrons. The summed E-state index contributed by atoms with van der Waals surface area (Å²) in [5, 5.41) is 2.59. The number of hydrogen-bond donors (Lipinski definition) is 1. The number of nitrogens with one attached hydrogen (secondary N) is 1. The Balaban J connectivity index is 1.34. The Morgan fingerprint density at radius 3 is 2.35 bits per heavy atom. The molecule has 1 saturated carbocycles. The minimum absolute atomic E-state index is 0.0555. The zero-order valence-corrected chi connectivity index (χ0v) is 19.0. The molecule has 3 fully saturated rings. The Kier molecular flexibility index (Phi) is 7.33. The normalized spacial score (nSPS) is 26.7. The number of halogens is 6. The fourth-order valence-electron chi connectivity index (χ4n) is 4.47. The summed E-state index contributed by atoms with van der Waals surface area (Å²) in [6.45, 7) is 1.08. The summed E-state index contributed by atoms with van der Waals surface area (Å²) in [4.78, 5) is 17.1. The molecular formula is C23H24F6N2O2S. The van der Waals surface area contributed by atoms with Crippen LogP contribution in [0.3, 0.4) is 0 Å². The molecule has 34 heavy (non-hydrogen) atoms. The predicted octanol–water partition coefficient (Wildman–Crippen LogP) is 6.60. The zero-order chi connectivity index (χ0) is 24.5. The van der Waals surface area contributed by atoms with Crippen LogP contribution in [0.4, 0.5) is 31.1 Å². The number of hydrogen-bond acceptors (Lipinski definition) is 4. The first-order valence-electron chi connectivity index (χ1n) is 11.1. The van der Waals surface area contributed by atoms with Crippen LogP contribution in [0, 0.1) is 11.8 Å². The molecule has 3 aliphatic rings. The van der Waals surface area contributed by atoms with Crippen LogP contribution in [0.1, 0.15) is 48.8 Å². The van der Waals surface area contributed by atoms with Gasteiger partial charge in [0.15, 0.2) is 0 Å². The first kappa shape index (κ1) is 25.1. The standard InChI is InChI=1S/C23H24F6N2O2S/c24-22(25,26)16-8-7-15(18(10-16)23(27,28)29)6-5-13-1-3-14(4-2-13)9-19-20(31-21(32)34-19)30-17-11-33-12-17/h7-10,13-14,17H,1-6,11-12H2,(H,30,31,32).